The maximum absolute atomic E-state index is 12.0. The summed E-state index contributed by atoms with van der Waals surface area (Å²) in [6, 6.07) is 0. The summed E-state index contributed by atoms with van der Waals surface area (Å²) in [5, 5.41) is 10.1. The number of ether oxygens (including phenoxy) is 4. The first-order chi connectivity index (χ1) is 11.5. The van der Waals surface area contributed by atoms with Gasteiger partial charge in [-0.3, -0.25) is 14.4 Å². The van der Waals surface area contributed by atoms with Gasteiger partial charge in [-0.25, -0.2) is 0 Å². The van der Waals surface area contributed by atoms with Crippen molar-refractivity contribution < 1.29 is 38.4 Å². The molecule has 1 fully saturated rings. The van der Waals surface area contributed by atoms with Crippen LogP contribution in [0.4, 0.5) is 0 Å². The van der Waals surface area contributed by atoms with Crippen LogP contribution in [0, 0.1) is 17.8 Å². The van der Waals surface area contributed by atoms with E-state index < -0.39 is 54.3 Å². The van der Waals surface area contributed by atoms with Gasteiger partial charge in [0.25, 0.3) is 0 Å². The Labute approximate surface area is 147 Å². The van der Waals surface area contributed by atoms with Crippen LogP contribution in [0.5, 0.6) is 0 Å². The van der Waals surface area contributed by atoms with E-state index in [9.17, 15) is 19.5 Å². The number of aliphatic hydroxyl groups is 1. The average Bonchev–Trinajstić information content (AvgIpc) is 2.80. The lowest BCUT2D eigenvalue weighted by Crippen LogP contribution is -2.43. The van der Waals surface area contributed by atoms with E-state index in [0.717, 1.165) is 0 Å². The molecule has 0 spiro atoms. The molecule has 0 amide bonds. The molecule has 25 heavy (non-hydrogen) atoms. The van der Waals surface area contributed by atoms with Gasteiger partial charge in [0.2, 0.25) is 0 Å². The highest BCUT2D eigenvalue weighted by Gasteiger charge is 2.50. The van der Waals surface area contributed by atoms with Gasteiger partial charge in [-0.2, -0.15) is 0 Å². The number of carbonyl (C=O) groups excluding carboxylic acids is 3. The number of rotatable bonds is 7. The molecule has 1 rings (SSSR count). The lowest BCUT2D eigenvalue weighted by Gasteiger charge is -2.24. The van der Waals surface area contributed by atoms with E-state index in [0.29, 0.717) is 0 Å². The van der Waals surface area contributed by atoms with Crippen LogP contribution < -0.4 is 0 Å². The summed E-state index contributed by atoms with van der Waals surface area (Å²) in [5.74, 6) is -2.72. The van der Waals surface area contributed by atoms with Crippen molar-refractivity contribution in [3.8, 4) is 0 Å². The second kappa shape index (κ2) is 9.15. The number of carbonyl (C=O) groups is 3. The molecule has 1 aliphatic heterocycles. The molecule has 8 nitrogen and oxygen atoms in total. The highest BCUT2D eigenvalue weighted by atomic mass is 16.7. The molecule has 0 aromatic carbocycles. The van der Waals surface area contributed by atoms with Crippen molar-refractivity contribution in [2.24, 2.45) is 17.8 Å². The highest BCUT2D eigenvalue weighted by molar-refractivity contribution is 5.73. The van der Waals surface area contributed by atoms with Crippen molar-refractivity contribution >= 4 is 17.9 Å². The maximum atomic E-state index is 12.0. The molecule has 0 unspecified atom stereocenters. The molecule has 0 saturated carbocycles. The Morgan fingerprint density at radius 3 is 1.72 bits per heavy atom. The second-order valence-electron chi connectivity index (χ2n) is 6.96. The smallest absolute Gasteiger partial charge is 0.308 e. The number of aliphatic hydroxyl groups excluding tert-OH is 1. The highest BCUT2D eigenvalue weighted by Crippen LogP contribution is 2.27. The summed E-state index contributed by atoms with van der Waals surface area (Å²) in [6.45, 7) is 9.71. The zero-order valence-corrected chi connectivity index (χ0v) is 15.6. The molecule has 0 aliphatic carbocycles. The minimum Gasteiger partial charge on any atom is -0.463 e. The first-order valence-electron chi connectivity index (χ1n) is 8.45. The topological polar surface area (TPSA) is 108 Å². The lowest BCUT2D eigenvalue weighted by molar-refractivity contribution is -0.180. The van der Waals surface area contributed by atoms with Crippen molar-refractivity contribution in [1.29, 1.82) is 0 Å². The van der Waals surface area contributed by atoms with Crippen molar-refractivity contribution in [3.63, 3.8) is 0 Å². The number of esters is 3. The van der Waals surface area contributed by atoms with Crippen molar-refractivity contribution in [1.82, 2.24) is 0 Å². The first kappa shape index (κ1) is 21.4. The fourth-order valence-corrected chi connectivity index (χ4v) is 1.98. The Morgan fingerprint density at radius 1 is 0.840 bits per heavy atom. The molecule has 1 N–H and O–H groups in total. The fraction of sp³-hybridized carbons (Fsp3) is 0.824. The molecule has 4 atom stereocenters. The predicted octanol–water partition coefficient (Wildman–Crippen LogP) is 1.04. The second-order valence-corrected chi connectivity index (χ2v) is 6.96. The van der Waals surface area contributed by atoms with Gasteiger partial charge in [-0.05, 0) is 0 Å². The van der Waals surface area contributed by atoms with Crippen LogP contribution in [-0.4, -0.2) is 54.2 Å². The van der Waals surface area contributed by atoms with E-state index in [-0.39, 0.29) is 12.5 Å². The molecule has 0 aromatic heterocycles. The van der Waals surface area contributed by atoms with Gasteiger partial charge in [0.15, 0.2) is 18.5 Å². The molecule has 0 bridgehead atoms. The zero-order valence-electron chi connectivity index (χ0n) is 15.6. The molecule has 0 radical (unpaired) electrons. The lowest BCUT2D eigenvalue weighted by atomic mass is 10.1. The van der Waals surface area contributed by atoms with E-state index >= 15 is 0 Å². The number of hydrogen-bond acceptors (Lipinski definition) is 8. The van der Waals surface area contributed by atoms with Gasteiger partial charge in [-0.15, -0.1) is 0 Å². The quantitative estimate of drug-likeness (QED) is 0.530. The van der Waals surface area contributed by atoms with Gasteiger partial charge >= 0.3 is 17.9 Å². The normalized spacial score (nSPS) is 26.2. The van der Waals surface area contributed by atoms with Crippen LogP contribution >= 0.6 is 0 Å². The third kappa shape index (κ3) is 5.97. The van der Waals surface area contributed by atoms with Gasteiger partial charge < -0.3 is 24.1 Å². The van der Waals surface area contributed by atoms with E-state index in [1.54, 1.807) is 41.5 Å². The minimum atomic E-state index is -1.48. The Morgan fingerprint density at radius 2 is 1.28 bits per heavy atom. The van der Waals surface area contributed by atoms with E-state index in [1.807, 2.05) is 0 Å². The average molecular weight is 360 g/mol. The van der Waals surface area contributed by atoms with Gasteiger partial charge in [0, 0.05) is 0 Å². The van der Waals surface area contributed by atoms with E-state index in [1.165, 1.54) is 0 Å². The third-order valence-corrected chi connectivity index (χ3v) is 3.59. The Kier molecular flexibility index (Phi) is 7.82. The monoisotopic (exact) mass is 360 g/mol. The molecule has 144 valence electrons. The third-order valence-electron chi connectivity index (χ3n) is 3.59. The molecule has 0 aromatic rings. The molecule has 1 saturated heterocycles. The molecule has 1 aliphatic rings. The zero-order chi connectivity index (χ0) is 19.3. The number of hydrogen-bond donors (Lipinski definition) is 1. The Balaban J connectivity index is 2.88. The molecular formula is C17H28O8. The summed E-state index contributed by atoms with van der Waals surface area (Å²) in [4.78, 5) is 35.4. The fourth-order valence-electron chi connectivity index (χ4n) is 1.98. The molecule has 1 heterocycles. The Hall–Kier alpha value is -1.67. The SMILES string of the molecule is CC(C)C(=O)OC[C@H]1O[C@@H](O)[C@H](OC(=O)C(C)C)[C@@H]1OC(=O)C(C)C. The largest absolute Gasteiger partial charge is 0.463 e. The minimum absolute atomic E-state index is 0.222. The van der Waals surface area contributed by atoms with Crippen LogP contribution in [0.2, 0.25) is 0 Å². The van der Waals surface area contributed by atoms with Gasteiger partial charge in [0.05, 0.1) is 17.8 Å². The van der Waals surface area contributed by atoms with Crippen LogP contribution in [0.1, 0.15) is 41.5 Å². The summed E-state index contributed by atoms with van der Waals surface area (Å²) in [5.41, 5.74) is 0. The molecule has 8 heteroatoms. The Bertz CT molecular complexity index is 485. The van der Waals surface area contributed by atoms with Gasteiger partial charge in [-0.1, -0.05) is 41.5 Å². The van der Waals surface area contributed by atoms with Gasteiger partial charge in [0.1, 0.15) is 12.7 Å². The predicted molar refractivity (Wildman–Crippen MR) is 86.1 cm³/mol. The van der Waals surface area contributed by atoms with Crippen molar-refractivity contribution in [2.45, 2.75) is 66.1 Å². The van der Waals surface area contributed by atoms with E-state index in [4.69, 9.17) is 18.9 Å². The van der Waals surface area contributed by atoms with Crippen LogP contribution in [0.3, 0.4) is 0 Å². The van der Waals surface area contributed by atoms with Crippen LogP contribution in [0.25, 0.3) is 0 Å². The van der Waals surface area contributed by atoms with Crippen LogP contribution in [0.15, 0.2) is 0 Å². The summed E-state index contributed by atoms with van der Waals surface area (Å²) < 4.78 is 21.0. The maximum Gasteiger partial charge on any atom is 0.308 e. The summed E-state index contributed by atoms with van der Waals surface area (Å²) >= 11 is 0. The summed E-state index contributed by atoms with van der Waals surface area (Å²) in [7, 11) is 0. The van der Waals surface area contributed by atoms with Crippen LogP contribution in [-0.2, 0) is 33.3 Å². The summed E-state index contributed by atoms with van der Waals surface area (Å²) in [6.07, 6.45) is -4.64. The van der Waals surface area contributed by atoms with E-state index in [2.05, 4.69) is 0 Å². The van der Waals surface area contributed by atoms with Crippen molar-refractivity contribution in [3.05, 3.63) is 0 Å². The first-order valence-corrected chi connectivity index (χ1v) is 8.45. The standard InChI is InChI=1S/C17H28O8/c1-8(2)14(18)22-7-11-12(24-15(19)9(3)4)13(17(21)23-11)25-16(20)10(5)6/h8-13,17,21H,7H2,1-6H3/t11-,12-,13-,17-/m1/s1. The molecular weight excluding hydrogens is 332 g/mol. The van der Waals surface area contributed by atoms with Crippen molar-refractivity contribution in [2.75, 3.05) is 6.61 Å².